The number of aromatic nitrogens is 3. The van der Waals surface area contributed by atoms with E-state index in [0.717, 1.165) is 22.2 Å². The van der Waals surface area contributed by atoms with Crippen molar-refractivity contribution in [1.29, 1.82) is 0 Å². The lowest BCUT2D eigenvalue weighted by atomic mass is 9.97. The molecular formula is C19H18ClN3O4. The summed E-state index contributed by atoms with van der Waals surface area (Å²) < 4.78 is 13.7. The van der Waals surface area contributed by atoms with Crippen molar-refractivity contribution < 1.29 is 19.7 Å². The van der Waals surface area contributed by atoms with Crippen LogP contribution in [0.1, 0.15) is 29.2 Å². The van der Waals surface area contributed by atoms with E-state index in [2.05, 4.69) is 9.97 Å². The van der Waals surface area contributed by atoms with E-state index in [1.807, 2.05) is 31.2 Å². The van der Waals surface area contributed by atoms with Crippen molar-refractivity contribution in [2.45, 2.75) is 44.2 Å². The molecule has 0 amide bonds. The highest BCUT2D eigenvalue weighted by Crippen LogP contribution is 2.43. The number of aryl methyl sites for hydroxylation is 1. The Labute approximate surface area is 160 Å². The van der Waals surface area contributed by atoms with Crippen molar-refractivity contribution in [3.8, 4) is 0 Å². The number of aliphatic hydroxyl groups is 2. The van der Waals surface area contributed by atoms with Crippen LogP contribution >= 0.6 is 11.6 Å². The third kappa shape index (κ3) is 2.58. The Balaban J connectivity index is 1.50. The molecule has 7 nitrogen and oxygen atoms in total. The fraction of sp³-hybridized carbons (Fsp3) is 0.368. The second-order valence-electron chi connectivity index (χ2n) is 6.97. The van der Waals surface area contributed by atoms with Crippen LogP contribution in [0.15, 0.2) is 36.8 Å². The number of ether oxygens (including phenoxy) is 2. The van der Waals surface area contributed by atoms with Crippen molar-refractivity contribution in [2.75, 3.05) is 0 Å². The average molecular weight is 388 g/mol. The van der Waals surface area contributed by atoms with E-state index < -0.39 is 30.6 Å². The van der Waals surface area contributed by atoms with Gasteiger partial charge < -0.3 is 24.3 Å². The Morgan fingerprint density at radius 3 is 2.89 bits per heavy atom. The third-order valence-electron chi connectivity index (χ3n) is 5.39. The van der Waals surface area contributed by atoms with Gasteiger partial charge in [0.05, 0.1) is 12.3 Å². The molecule has 140 valence electrons. The van der Waals surface area contributed by atoms with Crippen LogP contribution in [0.3, 0.4) is 0 Å². The van der Waals surface area contributed by atoms with Crippen molar-refractivity contribution in [3.63, 3.8) is 0 Å². The Hall–Kier alpha value is -2.03. The van der Waals surface area contributed by atoms with Crippen molar-refractivity contribution in [3.05, 3.63) is 58.6 Å². The van der Waals surface area contributed by atoms with Gasteiger partial charge in [-0.2, -0.15) is 0 Å². The predicted octanol–water partition coefficient (Wildman–Crippen LogP) is 2.28. The molecule has 0 bridgehead atoms. The van der Waals surface area contributed by atoms with Gasteiger partial charge in [-0.3, -0.25) is 0 Å². The first kappa shape index (κ1) is 17.1. The maximum absolute atomic E-state index is 10.7. The van der Waals surface area contributed by atoms with E-state index >= 15 is 0 Å². The monoisotopic (exact) mass is 387 g/mol. The summed E-state index contributed by atoms with van der Waals surface area (Å²) in [6.07, 6.45) is -0.949. The van der Waals surface area contributed by atoms with Crippen molar-refractivity contribution >= 4 is 22.6 Å². The molecule has 2 aliphatic rings. The SMILES string of the molecule is Cc1ncnc2c1ccn2[C@@H]1OC([C@@H]2OCc3ccc(Cl)cc32)C(O)[C@H]1O. The highest BCUT2D eigenvalue weighted by molar-refractivity contribution is 6.30. The van der Waals surface area contributed by atoms with E-state index in [0.29, 0.717) is 17.3 Å². The van der Waals surface area contributed by atoms with Crippen LogP contribution in [-0.2, 0) is 16.1 Å². The number of rotatable bonds is 2. The maximum Gasteiger partial charge on any atom is 0.164 e. The summed E-state index contributed by atoms with van der Waals surface area (Å²) in [5.41, 5.74) is 3.38. The van der Waals surface area contributed by atoms with Crippen LogP contribution in [-0.4, -0.2) is 43.1 Å². The minimum atomic E-state index is -1.12. The number of aliphatic hydroxyl groups excluding tert-OH is 2. The molecule has 5 rings (SSSR count). The number of benzene rings is 1. The normalized spacial score (nSPS) is 30.1. The summed E-state index contributed by atoms with van der Waals surface area (Å²) in [5.74, 6) is 0. The fourth-order valence-corrected chi connectivity index (χ4v) is 4.15. The molecule has 8 heteroatoms. The van der Waals surface area contributed by atoms with Gasteiger partial charge >= 0.3 is 0 Å². The summed E-state index contributed by atoms with van der Waals surface area (Å²) in [7, 11) is 0. The third-order valence-corrected chi connectivity index (χ3v) is 5.62. The van der Waals surface area contributed by atoms with Crippen LogP contribution in [0, 0.1) is 6.92 Å². The smallest absolute Gasteiger partial charge is 0.164 e. The Kier molecular flexibility index (Phi) is 3.96. The molecule has 0 spiro atoms. The molecule has 1 aromatic carbocycles. The topological polar surface area (TPSA) is 89.6 Å². The van der Waals surface area contributed by atoms with Gasteiger partial charge in [0.2, 0.25) is 0 Å². The summed E-state index contributed by atoms with van der Waals surface area (Å²) in [6, 6.07) is 7.42. The van der Waals surface area contributed by atoms with Crippen molar-refractivity contribution in [2.24, 2.45) is 0 Å². The molecule has 4 heterocycles. The summed E-state index contributed by atoms with van der Waals surface area (Å²) >= 11 is 6.12. The van der Waals surface area contributed by atoms with E-state index in [-0.39, 0.29) is 0 Å². The first-order chi connectivity index (χ1) is 13.0. The van der Waals surface area contributed by atoms with E-state index in [1.54, 1.807) is 10.8 Å². The zero-order valence-corrected chi connectivity index (χ0v) is 15.2. The molecule has 2 aliphatic heterocycles. The van der Waals surface area contributed by atoms with Gasteiger partial charge in [0.15, 0.2) is 6.23 Å². The maximum atomic E-state index is 10.7. The van der Waals surface area contributed by atoms with Crippen LogP contribution in [0.2, 0.25) is 5.02 Å². The number of hydrogen-bond acceptors (Lipinski definition) is 6. The average Bonchev–Trinajstić information content (AvgIpc) is 3.33. The van der Waals surface area contributed by atoms with Gasteiger partial charge in [0.1, 0.15) is 36.4 Å². The lowest BCUT2D eigenvalue weighted by molar-refractivity contribution is -0.104. The molecule has 2 N–H and O–H groups in total. The fourth-order valence-electron chi connectivity index (χ4n) is 3.97. The van der Waals surface area contributed by atoms with Gasteiger partial charge in [-0.15, -0.1) is 0 Å². The lowest BCUT2D eigenvalue weighted by Gasteiger charge is -2.22. The zero-order chi connectivity index (χ0) is 18.7. The summed E-state index contributed by atoms with van der Waals surface area (Å²) in [4.78, 5) is 8.49. The number of fused-ring (bicyclic) bond motifs is 2. The molecule has 0 radical (unpaired) electrons. The standard InChI is InChI=1S/C19H18ClN3O4/c1-9-12-4-5-23(18(12)22-8-21-9)19-15(25)14(24)17(27-19)16-13-6-11(20)3-2-10(13)7-26-16/h2-6,8,14-17,19,24-25H,7H2,1H3/t14?,15-,16-,17?,19-/m1/s1. The van der Waals surface area contributed by atoms with Gasteiger partial charge in [-0.05, 0) is 36.2 Å². The molecule has 1 saturated heterocycles. The molecule has 3 aromatic rings. The quantitative estimate of drug-likeness (QED) is 0.701. The summed E-state index contributed by atoms with van der Waals surface area (Å²) in [6.45, 7) is 2.31. The molecule has 0 aliphatic carbocycles. The number of nitrogens with zero attached hydrogens (tertiary/aromatic N) is 3. The predicted molar refractivity (Wildman–Crippen MR) is 97.2 cm³/mol. The molecular weight excluding hydrogens is 370 g/mol. The van der Waals surface area contributed by atoms with Gasteiger partial charge in [0, 0.05) is 16.6 Å². The Bertz CT molecular complexity index is 1020. The molecule has 5 atom stereocenters. The second-order valence-corrected chi connectivity index (χ2v) is 7.40. The Morgan fingerprint density at radius 2 is 2.04 bits per heavy atom. The molecule has 2 aromatic heterocycles. The molecule has 2 unspecified atom stereocenters. The van der Waals surface area contributed by atoms with Gasteiger partial charge in [-0.1, -0.05) is 17.7 Å². The molecule has 0 saturated carbocycles. The minimum Gasteiger partial charge on any atom is -0.387 e. The second kappa shape index (κ2) is 6.25. The van der Waals surface area contributed by atoms with E-state index in [1.165, 1.54) is 6.33 Å². The lowest BCUT2D eigenvalue weighted by Crippen LogP contribution is -2.34. The van der Waals surface area contributed by atoms with E-state index in [9.17, 15) is 10.2 Å². The van der Waals surface area contributed by atoms with Crippen LogP contribution < -0.4 is 0 Å². The zero-order valence-electron chi connectivity index (χ0n) is 14.5. The number of hydrogen-bond donors (Lipinski definition) is 2. The van der Waals surface area contributed by atoms with Crippen LogP contribution in [0.25, 0.3) is 11.0 Å². The first-order valence-electron chi connectivity index (χ1n) is 8.74. The number of halogens is 1. The largest absolute Gasteiger partial charge is 0.387 e. The minimum absolute atomic E-state index is 0.420. The van der Waals surface area contributed by atoms with E-state index in [4.69, 9.17) is 21.1 Å². The van der Waals surface area contributed by atoms with Gasteiger partial charge in [-0.25, -0.2) is 9.97 Å². The molecule has 1 fully saturated rings. The first-order valence-corrected chi connectivity index (χ1v) is 9.12. The Morgan fingerprint density at radius 1 is 1.19 bits per heavy atom. The van der Waals surface area contributed by atoms with Crippen molar-refractivity contribution in [1.82, 2.24) is 14.5 Å². The van der Waals surface area contributed by atoms with Crippen LogP contribution in [0.5, 0.6) is 0 Å². The van der Waals surface area contributed by atoms with Gasteiger partial charge in [0.25, 0.3) is 0 Å². The highest BCUT2D eigenvalue weighted by atomic mass is 35.5. The van der Waals surface area contributed by atoms with Crippen LogP contribution in [0.4, 0.5) is 0 Å². The summed E-state index contributed by atoms with van der Waals surface area (Å²) in [5, 5.41) is 22.8. The molecule has 27 heavy (non-hydrogen) atoms. The highest BCUT2D eigenvalue weighted by Gasteiger charge is 2.49.